The van der Waals surface area contributed by atoms with E-state index in [1.165, 1.54) is 51.6 Å². The van der Waals surface area contributed by atoms with Gasteiger partial charge in [-0.3, -0.25) is 0 Å². The van der Waals surface area contributed by atoms with Crippen LogP contribution in [0.15, 0.2) is 0 Å². The van der Waals surface area contributed by atoms with Crippen LogP contribution in [0.4, 0.5) is 0 Å². The Labute approximate surface area is 88.3 Å². The van der Waals surface area contributed by atoms with Crippen molar-refractivity contribution >= 4 is 0 Å². The lowest BCUT2D eigenvalue weighted by Gasteiger charge is -2.31. The molecule has 0 saturated carbocycles. The molecule has 0 amide bonds. The zero-order valence-electron chi connectivity index (χ0n) is 9.54. The minimum Gasteiger partial charge on any atom is -0.396 e. The Kier molecular flexibility index (Phi) is 6.20. The van der Waals surface area contributed by atoms with E-state index in [2.05, 4.69) is 11.8 Å². The van der Waals surface area contributed by atoms with Gasteiger partial charge in [-0.05, 0) is 38.3 Å². The molecule has 1 aliphatic heterocycles. The van der Waals surface area contributed by atoms with Crippen LogP contribution in [0, 0.1) is 5.92 Å². The summed E-state index contributed by atoms with van der Waals surface area (Å²) >= 11 is 0. The lowest BCUT2D eigenvalue weighted by atomic mass is 9.99. The highest BCUT2D eigenvalue weighted by atomic mass is 16.3. The van der Waals surface area contributed by atoms with Crippen LogP contribution in [-0.2, 0) is 0 Å². The summed E-state index contributed by atoms with van der Waals surface area (Å²) in [4.78, 5) is 2.53. The summed E-state index contributed by atoms with van der Waals surface area (Å²) in [5, 5.41) is 9.09. The van der Waals surface area contributed by atoms with Crippen LogP contribution in [0.1, 0.15) is 45.4 Å². The highest BCUT2D eigenvalue weighted by Gasteiger charge is 2.18. The number of aliphatic hydroxyl groups excluding tert-OH is 1. The predicted molar refractivity (Wildman–Crippen MR) is 60.4 cm³/mol. The summed E-state index contributed by atoms with van der Waals surface area (Å²) in [6.45, 7) is 6.26. The maximum atomic E-state index is 9.09. The standard InChI is InChI=1S/C12H25NO/c1-2-3-4-5-8-13-9-6-7-12(10-13)11-14/h12,14H,2-11H2,1H3. The van der Waals surface area contributed by atoms with Crippen molar-refractivity contribution in [3.63, 3.8) is 0 Å². The van der Waals surface area contributed by atoms with E-state index in [-0.39, 0.29) is 0 Å². The van der Waals surface area contributed by atoms with Crippen molar-refractivity contribution in [2.24, 2.45) is 5.92 Å². The van der Waals surface area contributed by atoms with Crippen molar-refractivity contribution in [2.75, 3.05) is 26.2 Å². The van der Waals surface area contributed by atoms with Crippen LogP contribution >= 0.6 is 0 Å². The fourth-order valence-corrected chi connectivity index (χ4v) is 2.27. The highest BCUT2D eigenvalue weighted by Crippen LogP contribution is 2.16. The van der Waals surface area contributed by atoms with Crippen molar-refractivity contribution in [1.82, 2.24) is 4.90 Å². The summed E-state index contributed by atoms with van der Waals surface area (Å²) in [6, 6.07) is 0. The quantitative estimate of drug-likeness (QED) is 0.663. The number of hydrogen-bond donors (Lipinski definition) is 1. The molecule has 0 radical (unpaired) electrons. The molecule has 1 saturated heterocycles. The van der Waals surface area contributed by atoms with Gasteiger partial charge in [-0.2, -0.15) is 0 Å². The molecule has 0 aromatic rings. The van der Waals surface area contributed by atoms with E-state index in [0.29, 0.717) is 12.5 Å². The van der Waals surface area contributed by atoms with E-state index in [4.69, 9.17) is 5.11 Å². The molecule has 0 aromatic carbocycles. The topological polar surface area (TPSA) is 23.5 Å². The Morgan fingerprint density at radius 1 is 1.29 bits per heavy atom. The Hall–Kier alpha value is -0.0800. The molecule has 0 bridgehead atoms. The number of piperidine rings is 1. The fourth-order valence-electron chi connectivity index (χ4n) is 2.27. The second-order valence-electron chi connectivity index (χ2n) is 4.55. The Morgan fingerprint density at radius 3 is 2.86 bits per heavy atom. The molecule has 0 aromatic heterocycles. The summed E-state index contributed by atoms with van der Waals surface area (Å²) in [6.07, 6.45) is 7.90. The second kappa shape index (κ2) is 7.24. The predicted octanol–water partition coefficient (Wildman–Crippen LogP) is 2.27. The van der Waals surface area contributed by atoms with Gasteiger partial charge in [0.05, 0.1) is 0 Å². The van der Waals surface area contributed by atoms with Crippen LogP contribution in [0.5, 0.6) is 0 Å². The minimum atomic E-state index is 0.380. The van der Waals surface area contributed by atoms with Gasteiger partial charge in [0, 0.05) is 13.2 Å². The SMILES string of the molecule is CCCCCCN1CCCC(CO)C1. The summed E-state index contributed by atoms with van der Waals surface area (Å²) in [5.74, 6) is 0.551. The average Bonchev–Trinajstić information content (AvgIpc) is 2.25. The van der Waals surface area contributed by atoms with Crippen LogP contribution in [0.3, 0.4) is 0 Å². The Morgan fingerprint density at radius 2 is 2.14 bits per heavy atom. The Balaban J connectivity index is 2.05. The van der Waals surface area contributed by atoms with E-state index < -0.39 is 0 Å². The third-order valence-electron chi connectivity index (χ3n) is 3.19. The number of nitrogens with zero attached hydrogens (tertiary/aromatic N) is 1. The first kappa shape index (κ1) is 12.0. The lowest BCUT2D eigenvalue weighted by Crippen LogP contribution is -2.37. The molecule has 2 nitrogen and oxygen atoms in total. The molecular formula is C12H25NO. The van der Waals surface area contributed by atoms with Crippen LogP contribution in [0.2, 0.25) is 0 Å². The van der Waals surface area contributed by atoms with Gasteiger partial charge in [0.15, 0.2) is 0 Å². The second-order valence-corrected chi connectivity index (χ2v) is 4.55. The van der Waals surface area contributed by atoms with Crippen LogP contribution in [-0.4, -0.2) is 36.2 Å². The first-order chi connectivity index (χ1) is 6.86. The number of hydrogen-bond acceptors (Lipinski definition) is 2. The van der Waals surface area contributed by atoms with Crippen LogP contribution in [0.25, 0.3) is 0 Å². The third-order valence-corrected chi connectivity index (χ3v) is 3.19. The van der Waals surface area contributed by atoms with Gasteiger partial charge in [0.25, 0.3) is 0 Å². The third kappa shape index (κ3) is 4.43. The molecule has 1 unspecified atom stereocenters. The van der Waals surface area contributed by atoms with Crippen molar-refractivity contribution in [1.29, 1.82) is 0 Å². The lowest BCUT2D eigenvalue weighted by molar-refractivity contribution is 0.119. The number of rotatable bonds is 6. The van der Waals surface area contributed by atoms with Gasteiger partial charge in [0.1, 0.15) is 0 Å². The summed E-state index contributed by atoms with van der Waals surface area (Å²) < 4.78 is 0. The number of aliphatic hydroxyl groups is 1. The molecule has 0 aliphatic carbocycles. The molecule has 1 aliphatic rings. The largest absolute Gasteiger partial charge is 0.396 e. The number of unbranched alkanes of at least 4 members (excludes halogenated alkanes) is 3. The summed E-state index contributed by atoms with van der Waals surface area (Å²) in [7, 11) is 0. The van der Waals surface area contributed by atoms with E-state index >= 15 is 0 Å². The highest BCUT2D eigenvalue weighted by molar-refractivity contribution is 4.72. The first-order valence-corrected chi connectivity index (χ1v) is 6.20. The zero-order chi connectivity index (χ0) is 10.2. The molecule has 1 rings (SSSR count). The normalized spacial score (nSPS) is 24.0. The molecule has 2 heteroatoms. The van der Waals surface area contributed by atoms with Crippen LogP contribution < -0.4 is 0 Å². The van der Waals surface area contributed by atoms with Gasteiger partial charge in [0.2, 0.25) is 0 Å². The molecule has 1 N–H and O–H groups in total. The average molecular weight is 199 g/mol. The molecule has 1 fully saturated rings. The van der Waals surface area contributed by atoms with Crippen molar-refractivity contribution < 1.29 is 5.11 Å². The van der Waals surface area contributed by atoms with Gasteiger partial charge >= 0.3 is 0 Å². The minimum absolute atomic E-state index is 0.380. The molecule has 0 spiro atoms. The van der Waals surface area contributed by atoms with E-state index in [0.717, 1.165) is 6.54 Å². The molecule has 1 atom stereocenters. The monoisotopic (exact) mass is 199 g/mol. The van der Waals surface area contributed by atoms with E-state index in [9.17, 15) is 0 Å². The smallest absolute Gasteiger partial charge is 0.0471 e. The van der Waals surface area contributed by atoms with Gasteiger partial charge in [-0.1, -0.05) is 26.2 Å². The van der Waals surface area contributed by atoms with Crippen molar-refractivity contribution in [3.8, 4) is 0 Å². The maximum absolute atomic E-state index is 9.09. The van der Waals surface area contributed by atoms with Crippen molar-refractivity contribution in [3.05, 3.63) is 0 Å². The molecule has 1 heterocycles. The molecule has 14 heavy (non-hydrogen) atoms. The zero-order valence-corrected chi connectivity index (χ0v) is 9.54. The first-order valence-electron chi connectivity index (χ1n) is 6.20. The van der Waals surface area contributed by atoms with Gasteiger partial charge in [-0.25, -0.2) is 0 Å². The fraction of sp³-hybridized carbons (Fsp3) is 1.00. The Bertz CT molecular complexity index is 138. The van der Waals surface area contributed by atoms with Crippen molar-refractivity contribution in [2.45, 2.75) is 45.4 Å². The van der Waals surface area contributed by atoms with Gasteiger partial charge in [-0.15, -0.1) is 0 Å². The maximum Gasteiger partial charge on any atom is 0.0471 e. The van der Waals surface area contributed by atoms with E-state index in [1.807, 2.05) is 0 Å². The summed E-state index contributed by atoms with van der Waals surface area (Å²) in [5.41, 5.74) is 0. The van der Waals surface area contributed by atoms with E-state index in [1.54, 1.807) is 0 Å². The van der Waals surface area contributed by atoms with Gasteiger partial charge < -0.3 is 10.0 Å². The molecular weight excluding hydrogens is 174 g/mol. The molecule has 84 valence electrons. The number of likely N-dealkylation sites (tertiary alicyclic amines) is 1.